The molecule has 1 aliphatic carbocycles. The maximum Gasteiger partial charge on any atom is 0.342 e. The summed E-state index contributed by atoms with van der Waals surface area (Å²) in [6, 6.07) is -3.27. The lowest BCUT2D eigenvalue weighted by atomic mass is 10.1. The van der Waals surface area contributed by atoms with E-state index in [9.17, 15) is 30.3 Å². The van der Waals surface area contributed by atoms with Crippen LogP contribution in [-0.4, -0.2) is 33.4 Å². The highest BCUT2D eigenvalue weighted by molar-refractivity contribution is 5.13. The van der Waals surface area contributed by atoms with E-state index in [2.05, 4.69) is 0 Å². The molecule has 9 nitrogen and oxygen atoms in total. The van der Waals surface area contributed by atoms with E-state index in [4.69, 9.17) is 0 Å². The van der Waals surface area contributed by atoms with Crippen molar-refractivity contribution in [2.24, 2.45) is 0 Å². The second-order valence-electron chi connectivity index (χ2n) is 3.26. The zero-order valence-corrected chi connectivity index (χ0v) is 7.57. The first kappa shape index (κ1) is 11.3. The van der Waals surface area contributed by atoms with Crippen molar-refractivity contribution in [3.8, 4) is 0 Å². The maximum atomic E-state index is 10.6. The first-order valence-corrected chi connectivity index (χ1v) is 4.17. The molecule has 1 radical (unpaired) electrons. The van der Waals surface area contributed by atoms with Crippen LogP contribution in [0.4, 0.5) is 0 Å². The smallest absolute Gasteiger partial charge is 0.264 e. The van der Waals surface area contributed by atoms with Gasteiger partial charge in [0.1, 0.15) is 0 Å². The molecule has 1 fully saturated rings. The van der Waals surface area contributed by atoms with Gasteiger partial charge in [-0.3, -0.25) is 30.3 Å². The Morgan fingerprint density at radius 1 is 1.07 bits per heavy atom. The summed E-state index contributed by atoms with van der Waals surface area (Å²) in [5.41, 5.74) is 0. The normalized spacial score (nSPS) is 19.2. The fourth-order valence-electron chi connectivity index (χ4n) is 1.36. The van der Waals surface area contributed by atoms with Gasteiger partial charge in [0, 0.05) is 14.8 Å². The van der Waals surface area contributed by atoms with E-state index in [0.29, 0.717) is 18.8 Å². The van der Waals surface area contributed by atoms with Crippen molar-refractivity contribution < 1.29 is 14.8 Å². The monoisotopic (exact) mass is 218 g/mol. The predicted octanol–water partition coefficient (Wildman–Crippen LogP) is -0.0780. The minimum absolute atomic E-state index is 0.420. The molecule has 0 N–H and O–H groups in total. The van der Waals surface area contributed by atoms with Crippen LogP contribution in [0.3, 0.4) is 0 Å². The number of nitrogens with zero attached hydrogens (tertiary/aromatic N) is 3. The molecule has 0 aromatic carbocycles. The molecule has 0 spiro atoms. The topological polar surface area (TPSA) is 129 Å². The van der Waals surface area contributed by atoms with E-state index >= 15 is 0 Å². The van der Waals surface area contributed by atoms with Crippen LogP contribution in [0.25, 0.3) is 0 Å². The van der Waals surface area contributed by atoms with E-state index in [-0.39, 0.29) is 0 Å². The van der Waals surface area contributed by atoms with Gasteiger partial charge in [0.15, 0.2) is 0 Å². The molecule has 2 unspecified atom stereocenters. The van der Waals surface area contributed by atoms with Crippen LogP contribution >= 0.6 is 0 Å². The summed E-state index contributed by atoms with van der Waals surface area (Å²) in [5.74, 6) is 0.420. The molecule has 0 aromatic rings. The van der Waals surface area contributed by atoms with Gasteiger partial charge >= 0.3 is 6.04 Å². The van der Waals surface area contributed by atoms with Crippen LogP contribution < -0.4 is 0 Å². The largest absolute Gasteiger partial charge is 0.342 e. The predicted molar refractivity (Wildman–Crippen MR) is 45.9 cm³/mol. The quantitative estimate of drug-likeness (QED) is 0.452. The minimum atomic E-state index is -1.76. The molecule has 0 saturated heterocycles. The van der Waals surface area contributed by atoms with Crippen LogP contribution in [0.5, 0.6) is 0 Å². The Bertz CT molecular complexity index is 301. The lowest BCUT2D eigenvalue weighted by Gasteiger charge is -2.09. The molecule has 1 saturated carbocycles. The molecule has 0 bridgehead atoms. The Morgan fingerprint density at radius 2 is 1.60 bits per heavy atom. The maximum absolute atomic E-state index is 10.6. The Kier molecular flexibility index (Phi) is 3.12. The van der Waals surface area contributed by atoms with E-state index in [1.165, 1.54) is 0 Å². The van der Waals surface area contributed by atoms with Crippen LogP contribution in [0.2, 0.25) is 0 Å². The fraction of sp³-hybridized carbons (Fsp3) is 0.833. The molecule has 0 aliphatic heterocycles. The highest BCUT2D eigenvalue weighted by Gasteiger charge is 2.54. The van der Waals surface area contributed by atoms with Gasteiger partial charge in [-0.25, -0.2) is 0 Å². The lowest BCUT2D eigenvalue weighted by molar-refractivity contribution is -0.644. The van der Waals surface area contributed by atoms with Crippen molar-refractivity contribution in [2.75, 3.05) is 6.54 Å². The summed E-state index contributed by atoms with van der Waals surface area (Å²) in [4.78, 5) is 28.6. The third kappa shape index (κ3) is 2.82. The van der Waals surface area contributed by atoms with Gasteiger partial charge in [0.2, 0.25) is 0 Å². The van der Waals surface area contributed by atoms with Crippen molar-refractivity contribution in [3.05, 3.63) is 36.3 Å². The van der Waals surface area contributed by atoms with Crippen LogP contribution in [0.15, 0.2) is 0 Å². The van der Waals surface area contributed by atoms with Crippen molar-refractivity contribution in [2.45, 2.75) is 24.9 Å². The van der Waals surface area contributed by atoms with Gasteiger partial charge in [-0.15, -0.1) is 0 Å². The van der Waals surface area contributed by atoms with Gasteiger partial charge in [-0.05, 0) is 12.8 Å². The molecular formula is C6H8N3O6. The Morgan fingerprint density at radius 3 is 1.87 bits per heavy atom. The number of nitro groups is 3. The van der Waals surface area contributed by atoms with Crippen molar-refractivity contribution >= 4 is 0 Å². The summed E-state index contributed by atoms with van der Waals surface area (Å²) in [6.07, 6.45) is 0.904. The van der Waals surface area contributed by atoms with Crippen LogP contribution in [-0.2, 0) is 0 Å². The van der Waals surface area contributed by atoms with Crippen LogP contribution in [0, 0.1) is 36.3 Å². The third-order valence-electron chi connectivity index (χ3n) is 2.16. The van der Waals surface area contributed by atoms with Crippen LogP contribution in [0.1, 0.15) is 12.8 Å². The average molecular weight is 218 g/mol. The first-order valence-electron chi connectivity index (χ1n) is 4.17. The van der Waals surface area contributed by atoms with Crippen molar-refractivity contribution in [3.63, 3.8) is 0 Å². The Balaban J connectivity index is 2.78. The van der Waals surface area contributed by atoms with E-state index in [0.717, 1.165) is 0 Å². The summed E-state index contributed by atoms with van der Waals surface area (Å²) in [5, 5.41) is 31.2. The molecule has 1 aliphatic rings. The fourth-order valence-corrected chi connectivity index (χ4v) is 1.36. The lowest BCUT2D eigenvalue weighted by Crippen LogP contribution is -2.44. The van der Waals surface area contributed by atoms with Crippen molar-refractivity contribution in [1.29, 1.82) is 0 Å². The molecule has 9 heteroatoms. The number of rotatable bonds is 6. The Labute approximate surface area is 83.5 Å². The zero-order chi connectivity index (χ0) is 11.6. The first-order chi connectivity index (χ1) is 6.93. The molecule has 83 valence electrons. The van der Waals surface area contributed by atoms with Gasteiger partial charge < -0.3 is 0 Å². The second kappa shape index (κ2) is 4.15. The van der Waals surface area contributed by atoms with E-state index < -0.39 is 33.4 Å². The molecule has 0 heterocycles. The van der Waals surface area contributed by atoms with Gasteiger partial charge in [0.05, 0.1) is 5.92 Å². The van der Waals surface area contributed by atoms with E-state index in [1.54, 1.807) is 0 Å². The van der Waals surface area contributed by atoms with Gasteiger partial charge in [-0.2, -0.15) is 0 Å². The SMILES string of the molecule is O=[N+]([O-])CC(C([C]1CC1)[N+](=O)[O-])[N+](=O)[O-]. The highest BCUT2D eigenvalue weighted by atomic mass is 16.7. The number of hydrogen-bond acceptors (Lipinski definition) is 6. The molecule has 15 heavy (non-hydrogen) atoms. The summed E-state index contributed by atoms with van der Waals surface area (Å²) in [6.45, 7) is -1.01. The van der Waals surface area contributed by atoms with E-state index in [1.807, 2.05) is 0 Å². The molecule has 0 amide bonds. The molecule has 1 rings (SSSR count). The standard InChI is InChI=1S/C6H8N3O6/c10-7(11)3-5(8(12)13)6(9(14)15)4-1-2-4/h5-6H,1-3H2. The average Bonchev–Trinajstić information content (AvgIpc) is 2.85. The van der Waals surface area contributed by atoms with Gasteiger partial charge in [0.25, 0.3) is 12.6 Å². The summed E-state index contributed by atoms with van der Waals surface area (Å²) >= 11 is 0. The second-order valence-corrected chi connectivity index (χ2v) is 3.26. The molecule has 2 atom stereocenters. The van der Waals surface area contributed by atoms with Crippen molar-refractivity contribution in [1.82, 2.24) is 0 Å². The van der Waals surface area contributed by atoms with Gasteiger partial charge in [-0.1, -0.05) is 0 Å². The third-order valence-corrected chi connectivity index (χ3v) is 2.16. The Hall–Kier alpha value is -1.80. The molecule has 0 aromatic heterocycles. The molecular weight excluding hydrogens is 210 g/mol. The number of hydrogen-bond donors (Lipinski definition) is 0. The summed E-state index contributed by atoms with van der Waals surface area (Å²) in [7, 11) is 0. The highest BCUT2D eigenvalue weighted by Crippen LogP contribution is 2.38. The summed E-state index contributed by atoms with van der Waals surface area (Å²) < 4.78 is 0. The minimum Gasteiger partial charge on any atom is -0.264 e. The zero-order valence-electron chi connectivity index (χ0n) is 7.57.